The van der Waals surface area contributed by atoms with E-state index in [1.54, 1.807) is 24.3 Å². The number of hydrogen-bond donors (Lipinski definition) is 1. The van der Waals surface area contributed by atoms with Crippen LogP contribution in [0.5, 0.6) is 5.75 Å². The number of ether oxygens (including phenoxy) is 1. The molecule has 6 heteroatoms. The maximum absolute atomic E-state index is 13.2. The number of benzene rings is 2. The number of anilines is 1. The topological polar surface area (TPSA) is 55.4 Å². The minimum atomic E-state index is -3.85. The minimum absolute atomic E-state index is 0.132. The van der Waals surface area contributed by atoms with E-state index in [2.05, 4.69) is 4.72 Å². The number of nitrogens with one attached hydrogen (secondary N) is 1. The van der Waals surface area contributed by atoms with Crippen molar-refractivity contribution in [1.82, 2.24) is 0 Å². The molecule has 21 heavy (non-hydrogen) atoms. The molecule has 0 bridgehead atoms. The van der Waals surface area contributed by atoms with Crippen LogP contribution in [-0.2, 0) is 10.0 Å². The Morgan fingerprint density at radius 3 is 2.62 bits per heavy atom. The van der Waals surface area contributed by atoms with Gasteiger partial charge in [-0.05, 0) is 36.8 Å². The van der Waals surface area contributed by atoms with Gasteiger partial charge < -0.3 is 4.74 Å². The first-order valence-corrected chi connectivity index (χ1v) is 8.01. The third kappa shape index (κ3) is 3.95. The molecule has 0 spiro atoms. The first kappa shape index (κ1) is 15.3. The SMILES string of the molecule is CCCOc1ccccc1NS(=O)(=O)c1cccc(F)c1. The summed E-state index contributed by atoms with van der Waals surface area (Å²) in [6.07, 6.45) is 0.810. The van der Waals surface area contributed by atoms with E-state index < -0.39 is 15.8 Å². The molecular formula is C15H16FNO3S. The summed E-state index contributed by atoms with van der Waals surface area (Å²) in [7, 11) is -3.85. The minimum Gasteiger partial charge on any atom is -0.491 e. The number of hydrogen-bond acceptors (Lipinski definition) is 3. The summed E-state index contributed by atoms with van der Waals surface area (Å²) in [5.41, 5.74) is 0.329. The monoisotopic (exact) mass is 309 g/mol. The highest BCUT2D eigenvalue weighted by molar-refractivity contribution is 7.92. The van der Waals surface area contributed by atoms with Crippen LogP contribution in [0.1, 0.15) is 13.3 Å². The van der Waals surface area contributed by atoms with Gasteiger partial charge in [0.2, 0.25) is 0 Å². The Morgan fingerprint density at radius 2 is 1.90 bits per heavy atom. The van der Waals surface area contributed by atoms with E-state index in [4.69, 9.17) is 4.74 Å². The lowest BCUT2D eigenvalue weighted by molar-refractivity contribution is 0.319. The fraction of sp³-hybridized carbons (Fsp3) is 0.200. The van der Waals surface area contributed by atoms with Crippen molar-refractivity contribution < 1.29 is 17.5 Å². The lowest BCUT2D eigenvalue weighted by Gasteiger charge is -2.13. The molecule has 1 N–H and O–H groups in total. The second kappa shape index (κ2) is 6.58. The number of sulfonamides is 1. The molecule has 0 unspecified atom stereocenters. The van der Waals surface area contributed by atoms with Gasteiger partial charge in [-0.25, -0.2) is 12.8 Å². The first-order valence-electron chi connectivity index (χ1n) is 6.53. The van der Waals surface area contributed by atoms with Gasteiger partial charge in [-0.1, -0.05) is 25.1 Å². The molecule has 0 aliphatic rings. The molecule has 2 rings (SSSR count). The van der Waals surface area contributed by atoms with Crippen LogP contribution in [0.4, 0.5) is 10.1 Å². The summed E-state index contributed by atoms with van der Waals surface area (Å²) in [5, 5.41) is 0. The Hall–Kier alpha value is -2.08. The lowest BCUT2D eigenvalue weighted by Crippen LogP contribution is -2.14. The van der Waals surface area contributed by atoms with Crippen molar-refractivity contribution in [3.05, 3.63) is 54.3 Å². The van der Waals surface area contributed by atoms with Crippen molar-refractivity contribution in [2.45, 2.75) is 18.2 Å². The summed E-state index contributed by atoms with van der Waals surface area (Å²) >= 11 is 0. The largest absolute Gasteiger partial charge is 0.491 e. The van der Waals surface area contributed by atoms with Crippen LogP contribution in [0.25, 0.3) is 0 Å². The Morgan fingerprint density at radius 1 is 1.14 bits per heavy atom. The van der Waals surface area contributed by atoms with Gasteiger partial charge in [0.05, 0.1) is 17.2 Å². The highest BCUT2D eigenvalue weighted by Crippen LogP contribution is 2.26. The molecule has 2 aromatic carbocycles. The molecule has 112 valence electrons. The van der Waals surface area contributed by atoms with Gasteiger partial charge in [-0.15, -0.1) is 0 Å². The standard InChI is InChI=1S/C15H16FNO3S/c1-2-10-20-15-9-4-3-8-14(15)17-21(18,19)13-7-5-6-12(16)11-13/h3-9,11,17H,2,10H2,1H3. The Balaban J connectivity index is 2.29. The molecule has 4 nitrogen and oxygen atoms in total. The van der Waals surface area contributed by atoms with Crippen molar-refractivity contribution in [3.63, 3.8) is 0 Å². The zero-order valence-electron chi connectivity index (χ0n) is 11.5. The number of halogens is 1. The average molecular weight is 309 g/mol. The molecule has 0 atom stereocenters. The maximum atomic E-state index is 13.2. The van der Waals surface area contributed by atoms with Gasteiger partial charge in [0.1, 0.15) is 11.6 Å². The molecule has 0 saturated heterocycles. The molecule has 0 aliphatic heterocycles. The molecular weight excluding hydrogens is 293 g/mol. The molecule has 0 fully saturated rings. The summed E-state index contributed by atoms with van der Waals surface area (Å²) in [4.78, 5) is -0.132. The van der Waals surface area contributed by atoms with Crippen LogP contribution in [0.2, 0.25) is 0 Å². The van der Waals surface area contributed by atoms with Crippen LogP contribution in [0.3, 0.4) is 0 Å². The van der Waals surface area contributed by atoms with Crippen molar-refractivity contribution in [3.8, 4) is 5.75 Å². The summed E-state index contributed by atoms with van der Waals surface area (Å²) in [6, 6.07) is 11.6. The van der Waals surface area contributed by atoms with Gasteiger partial charge in [-0.3, -0.25) is 4.72 Å². The summed E-state index contributed by atoms with van der Waals surface area (Å²) in [6.45, 7) is 2.44. The molecule has 0 radical (unpaired) electrons. The van der Waals surface area contributed by atoms with Crippen LogP contribution >= 0.6 is 0 Å². The molecule has 0 aliphatic carbocycles. The third-order valence-corrected chi connectivity index (χ3v) is 4.06. The highest BCUT2D eigenvalue weighted by Gasteiger charge is 2.16. The van der Waals surface area contributed by atoms with Crippen LogP contribution in [0.15, 0.2) is 53.4 Å². The van der Waals surface area contributed by atoms with Crippen LogP contribution in [-0.4, -0.2) is 15.0 Å². The maximum Gasteiger partial charge on any atom is 0.262 e. The van der Waals surface area contributed by atoms with E-state index >= 15 is 0 Å². The Kier molecular flexibility index (Phi) is 4.80. The third-order valence-electron chi connectivity index (χ3n) is 2.70. The lowest BCUT2D eigenvalue weighted by atomic mass is 10.3. The fourth-order valence-corrected chi connectivity index (χ4v) is 2.83. The van der Waals surface area contributed by atoms with E-state index in [0.29, 0.717) is 18.0 Å². The molecule has 0 aromatic heterocycles. The second-order valence-electron chi connectivity index (χ2n) is 4.41. The van der Waals surface area contributed by atoms with Crippen molar-refractivity contribution >= 4 is 15.7 Å². The fourth-order valence-electron chi connectivity index (χ4n) is 1.73. The van der Waals surface area contributed by atoms with Crippen molar-refractivity contribution in [2.24, 2.45) is 0 Å². The molecule has 0 heterocycles. The van der Waals surface area contributed by atoms with Crippen molar-refractivity contribution in [1.29, 1.82) is 0 Å². The zero-order valence-corrected chi connectivity index (χ0v) is 12.4. The van der Waals surface area contributed by atoms with Crippen LogP contribution < -0.4 is 9.46 Å². The summed E-state index contributed by atoms with van der Waals surface area (Å²) in [5.74, 6) is -0.160. The van der Waals surface area contributed by atoms with Crippen LogP contribution in [0, 0.1) is 5.82 Å². The van der Waals surface area contributed by atoms with Gasteiger partial charge >= 0.3 is 0 Å². The molecule has 0 saturated carbocycles. The van der Waals surface area contributed by atoms with E-state index in [1.165, 1.54) is 18.2 Å². The predicted molar refractivity (Wildman–Crippen MR) is 79.4 cm³/mol. The van der Waals surface area contributed by atoms with Gasteiger partial charge in [0.15, 0.2) is 0 Å². The average Bonchev–Trinajstić information content (AvgIpc) is 2.46. The number of rotatable bonds is 6. The van der Waals surface area contributed by atoms with E-state index in [9.17, 15) is 12.8 Å². The van der Waals surface area contributed by atoms with Gasteiger partial charge in [0.25, 0.3) is 10.0 Å². The summed E-state index contributed by atoms with van der Waals surface area (Å²) < 4.78 is 45.6. The van der Waals surface area contributed by atoms with E-state index in [-0.39, 0.29) is 4.90 Å². The Labute approximate surface area is 123 Å². The van der Waals surface area contributed by atoms with Gasteiger partial charge in [-0.2, -0.15) is 0 Å². The smallest absolute Gasteiger partial charge is 0.262 e. The Bertz CT molecular complexity index is 716. The van der Waals surface area contributed by atoms with E-state index in [0.717, 1.165) is 12.5 Å². The van der Waals surface area contributed by atoms with E-state index in [1.807, 2.05) is 6.92 Å². The van der Waals surface area contributed by atoms with Gasteiger partial charge in [0, 0.05) is 0 Å². The quantitative estimate of drug-likeness (QED) is 0.889. The highest BCUT2D eigenvalue weighted by atomic mass is 32.2. The molecule has 2 aromatic rings. The predicted octanol–water partition coefficient (Wildman–Crippen LogP) is 3.42. The second-order valence-corrected chi connectivity index (χ2v) is 6.09. The molecule has 0 amide bonds. The normalized spacial score (nSPS) is 11.1. The number of para-hydroxylation sites is 2. The zero-order chi connectivity index (χ0) is 15.3. The van der Waals surface area contributed by atoms with Crippen molar-refractivity contribution in [2.75, 3.05) is 11.3 Å². The first-order chi connectivity index (χ1) is 10.0.